The number of carbonyl (C=O) groups is 1. The van der Waals surface area contributed by atoms with Crippen molar-refractivity contribution in [3.8, 4) is 5.75 Å². The third-order valence-electron chi connectivity index (χ3n) is 3.68. The standard InChI is InChI=1S/C16H22ClN3O3S/c1-20(16(24)18-6-3-7-22-2)19-15(21)12-8-11-9-13(17)4-5-14(11)23-10-12/h4-5,9,12H,3,6-8,10H2,1-2H3,(H,18,24)(H,19,21)/t12-/m0/s1. The van der Waals surface area contributed by atoms with Crippen LogP contribution in [0.25, 0.3) is 0 Å². The number of hydrogen-bond donors (Lipinski definition) is 2. The van der Waals surface area contributed by atoms with Crippen molar-refractivity contribution < 1.29 is 14.3 Å². The summed E-state index contributed by atoms with van der Waals surface area (Å²) in [6, 6.07) is 5.45. The lowest BCUT2D eigenvalue weighted by atomic mass is 9.96. The molecular weight excluding hydrogens is 350 g/mol. The van der Waals surface area contributed by atoms with Gasteiger partial charge in [0.25, 0.3) is 0 Å². The second kappa shape index (κ2) is 9.05. The number of nitrogens with one attached hydrogen (secondary N) is 2. The molecule has 2 N–H and O–H groups in total. The van der Waals surface area contributed by atoms with Crippen molar-refractivity contribution in [2.75, 3.05) is 33.9 Å². The summed E-state index contributed by atoms with van der Waals surface area (Å²) in [7, 11) is 3.36. The summed E-state index contributed by atoms with van der Waals surface area (Å²) < 4.78 is 10.6. The van der Waals surface area contributed by atoms with Crippen molar-refractivity contribution in [1.82, 2.24) is 15.8 Å². The molecule has 8 heteroatoms. The number of amides is 1. The van der Waals surface area contributed by atoms with Gasteiger partial charge in [0.1, 0.15) is 12.4 Å². The molecule has 0 spiro atoms. The van der Waals surface area contributed by atoms with E-state index >= 15 is 0 Å². The van der Waals surface area contributed by atoms with Gasteiger partial charge in [-0.3, -0.25) is 15.2 Å². The van der Waals surface area contributed by atoms with Gasteiger partial charge in [-0.05, 0) is 48.8 Å². The molecule has 0 saturated heterocycles. The Labute approximate surface area is 152 Å². The van der Waals surface area contributed by atoms with Crippen molar-refractivity contribution in [2.24, 2.45) is 5.92 Å². The molecule has 0 fully saturated rings. The molecule has 0 bridgehead atoms. The Balaban J connectivity index is 1.83. The monoisotopic (exact) mass is 371 g/mol. The average Bonchev–Trinajstić information content (AvgIpc) is 2.57. The normalized spacial score (nSPS) is 15.9. The summed E-state index contributed by atoms with van der Waals surface area (Å²) in [6.45, 7) is 1.68. The minimum atomic E-state index is -0.283. The van der Waals surface area contributed by atoms with Crippen LogP contribution in [0.1, 0.15) is 12.0 Å². The third-order valence-corrected chi connectivity index (χ3v) is 4.34. The number of fused-ring (bicyclic) bond motifs is 1. The van der Waals surface area contributed by atoms with Crippen LogP contribution in [0.2, 0.25) is 5.02 Å². The second-order valence-corrected chi connectivity index (χ2v) is 6.40. The number of hydrogen-bond acceptors (Lipinski definition) is 4. The molecule has 0 aliphatic carbocycles. The van der Waals surface area contributed by atoms with Gasteiger partial charge in [-0.2, -0.15) is 0 Å². The molecule has 132 valence electrons. The number of carbonyl (C=O) groups excluding carboxylic acids is 1. The predicted molar refractivity (Wildman–Crippen MR) is 97.1 cm³/mol. The van der Waals surface area contributed by atoms with E-state index in [0.29, 0.717) is 36.3 Å². The van der Waals surface area contributed by atoms with Gasteiger partial charge in [-0.25, -0.2) is 0 Å². The molecule has 1 amide bonds. The highest BCUT2D eigenvalue weighted by Gasteiger charge is 2.27. The van der Waals surface area contributed by atoms with E-state index in [9.17, 15) is 4.79 Å². The zero-order chi connectivity index (χ0) is 17.5. The molecule has 1 heterocycles. The average molecular weight is 372 g/mol. The van der Waals surface area contributed by atoms with Crippen LogP contribution in [0.4, 0.5) is 0 Å². The van der Waals surface area contributed by atoms with Crippen molar-refractivity contribution in [2.45, 2.75) is 12.8 Å². The van der Waals surface area contributed by atoms with Crippen molar-refractivity contribution in [1.29, 1.82) is 0 Å². The first-order valence-electron chi connectivity index (χ1n) is 7.73. The Hall–Kier alpha value is -1.57. The zero-order valence-electron chi connectivity index (χ0n) is 13.8. The largest absolute Gasteiger partial charge is 0.492 e. The summed E-state index contributed by atoms with van der Waals surface area (Å²) >= 11 is 11.2. The van der Waals surface area contributed by atoms with E-state index < -0.39 is 0 Å². The van der Waals surface area contributed by atoms with Crippen molar-refractivity contribution in [3.63, 3.8) is 0 Å². The van der Waals surface area contributed by atoms with Crippen LogP contribution in [-0.2, 0) is 16.0 Å². The Morgan fingerprint density at radius 1 is 1.54 bits per heavy atom. The maximum Gasteiger partial charge on any atom is 0.245 e. The Morgan fingerprint density at radius 3 is 3.08 bits per heavy atom. The number of thiocarbonyl (C=S) groups is 1. The van der Waals surface area contributed by atoms with Gasteiger partial charge >= 0.3 is 0 Å². The molecule has 1 aromatic rings. The quantitative estimate of drug-likeness (QED) is 0.467. The summed E-state index contributed by atoms with van der Waals surface area (Å²) in [5.74, 6) is 0.367. The molecule has 0 aromatic heterocycles. The van der Waals surface area contributed by atoms with Gasteiger partial charge in [-0.1, -0.05) is 11.6 Å². The predicted octanol–water partition coefficient (Wildman–Crippen LogP) is 1.77. The SMILES string of the molecule is COCCCNC(=S)N(C)NC(=O)[C@@H]1COc2ccc(Cl)cc2C1. The maximum atomic E-state index is 12.4. The minimum absolute atomic E-state index is 0.135. The van der Waals surface area contributed by atoms with E-state index in [1.165, 1.54) is 5.01 Å². The van der Waals surface area contributed by atoms with Crippen LogP contribution in [0.3, 0.4) is 0 Å². The lowest BCUT2D eigenvalue weighted by Gasteiger charge is -2.28. The Bertz CT molecular complexity index is 600. The Kier molecular flexibility index (Phi) is 7.08. The first-order chi connectivity index (χ1) is 11.5. The molecule has 2 rings (SSSR count). The minimum Gasteiger partial charge on any atom is -0.492 e. The lowest BCUT2D eigenvalue weighted by molar-refractivity contribution is -0.129. The molecule has 1 aliphatic heterocycles. The van der Waals surface area contributed by atoms with Gasteiger partial charge in [0.05, 0.1) is 5.92 Å². The first-order valence-corrected chi connectivity index (χ1v) is 8.52. The fraction of sp³-hybridized carbons (Fsp3) is 0.500. The maximum absolute atomic E-state index is 12.4. The van der Waals surface area contributed by atoms with E-state index in [2.05, 4.69) is 10.7 Å². The van der Waals surface area contributed by atoms with Crippen molar-refractivity contribution >= 4 is 34.8 Å². The van der Waals surface area contributed by atoms with Gasteiger partial charge in [-0.15, -0.1) is 0 Å². The fourth-order valence-electron chi connectivity index (χ4n) is 2.37. The van der Waals surface area contributed by atoms with E-state index in [0.717, 1.165) is 17.7 Å². The summed E-state index contributed by atoms with van der Waals surface area (Å²) in [5, 5.41) is 5.67. The summed E-state index contributed by atoms with van der Waals surface area (Å²) in [6.07, 6.45) is 1.43. The molecule has 0 radical (unpaired) electrons. The van der Waals surface area contributed by atoms with Crippen LogP contribution in [0.15, 0.2) is 18.2 Å². The number of nitrogens with zero attached hydrogens (tertiary/aromatic N) is 1. The van der Waals surface area contributed by atoms with Gasteiger partial charge in [0.2, 0.25) is 5.91 Å². The molecule has 1 atom stereocenters. The van der Waals surface area contributed by atoms with Gasteiger partial charge in [0, 0.05) is 32.3 Å². The van der Waals surface area contributed by atoms with E-state index in [-0.39, 0.29) is 11.8 Å². The number of rotatable bonds is 5. The highest BCUT2D eigenvalue weighted by molar-refractivity contribution is 7.80. The summed E-state index contributed by atoms with van der Waals surface area (Å²) in [5.41, 5.74) is 3.72. The zero-order valence-corrected chi connectivity index (χ0v) is 15.4. The molecule has 0 saturated carbocycles. The number of hydrazine groups is 1. The number of halogens is 1. The number of methoxy groups -OCH3 is 1. The Morgan fingerprint density at radius 2 is 2.33 bits per heavy atom. The smallest absolute Gasteiger partial charge is 0.245 e. The molecule has 1 aromatic carbocycles. The topological polar surface area (TPSA) is 62.8 Å². The van der Waals surface area contributed by atoms with E-state index in [4.69, 9.17) is 33.3 Å². The van der Waals surface area contributed by atoms with Gasteiger partial charge < -0.3 is 14.8 Å². The third kappa shape index (κ3) is 5.22. The molecule has 6 nitrogen and oxygen atoms in total. The highest BCUT2D eigenvalue weighted by Crippen LogP contribution is 2.29. The molecule has 1 aliphatic rings. The second-order valence-electron chi connectivity index (χ2n) is 5.58. The van der Waals surface area contributed by atoms with Crippen molar-refractivity contribution in [3.05, 3.63) is 28.8 Å². The first kappa shape index (κ1) is 18.8. The van der Waals surface area contributed by atoms with Crippen LogP contribution < -0.4 is 15.5 Å². The lowest BCUT2D eigenvalue weighted by Crippen LogP contribution is -2.51. The fourth-order valence-corrected chi connectivity index (χ4v) is 2.71. The van der Waals surface area contributed by atoms with Crippen LogP contribution in [-0.4, -0.2) is 49.9 Å². The van der Waals surface area contributed by atoms with Crippen LogP contribution in [0, 0.1) is 5.92 Å². The van der Waals surface area contributed by atoms with E-state index in [1.807, 2.05) is 12.1 Å². The van der Waals surface area contributed by atoms with Crippen LogP contribution in [0.5, 0.6) is 5.75 Å². The molecular formula is C16H22ClN3O3S. The van der Waals surface area contributed by atoms with Crippen LogP contribution >= 0.6 is 23.8 Å². The molecule has 24 heavy (non-hydrogen) atoms. The van der Waals surface area contributed by atoms with E-state index in [1.54, 1.807) is 20.2 Å². The number of ether oxygens (including phenoxy) is 2. The highest BCUT2D eigenvalue weighted by atomic mass is 35.5. The van der Waals surface area contributed by atoms with Gasteiger partial charge in [0.15, 0.2) is 5.11 Å². The molecule has 0 unspecified atom stereocenters. The number of benzene rings is 1. The summed E-state index contributed by atoms with van der Waals surface area (Å²) in [4.78, 5) is 12.4.